The lowest BCUT2D eigenvalue weighted by Gasteiger charge is -1.94. The first-order chi connectivity index (χ1) is 11.2. The van der Waals surface area contributed by atoms with Gasteiger partial charge in [-0.05, 0) is 36.4 Å². The molecule has 0 aliphatic heterocycles. The zero-order valence-electron chi connectivity index (χ0n) is 11.5. The summed E-state index contributed by atoms with van der Waals surface area (Å²) in [7, 11) is 0. The molecule has 2 aromatic carbocycles. The number of rotatable bonds is 3. The lowest BCUT2D eigenvalue weighted by molar-refractivity contribution is 0.628. The zero-order valence-corrected chi connectivity index (χ0v) is 13.1. The fourth-order valence-electron chi connectivity index (χ4n) is 2.04. The minimum Gasteiger partial charge on any atom is -0.306 e. The number of fused-ring (bicyclic) bond motifs is 1. The van der Waals surface area contributed by atoms with Crippen LogP contribution in [0.25, 0.3) is 20.8 Å². The van der Waals surface area contributed by atoms with E-state index < -0.39 is 0 Å². The van der Waals surface area contributed by atoms with Gasteiger partial charge in [-0.2, -0.15) is 0 Å². The van der Waals surface area contributed by atoms with E-state index in [0.29, 0.717) is 20.8 Å². The Bertz CT molecular complexity index is 979. The number of nitrogens with one attached hydrogen (secondary N) is 1. The molecule has 23 heavy (non-hydrogen) atoms. The Morgan fingerprint density at radius 3 is 2.48 bits per heavy atom. The molecule has 0 radical (unpaired) electrons. The molecule has 0 saturated carbocycles. The third-order valence-electron chi connectivity index (χ3n) is 3.10. The van der Waals surface area contributed by atoms with E-state index >= 15 is 0 Å². The van der Waals surface area contributed by atoms with Gasteiger partial charge in [-0.3, -0.25) is 0 Å². The van der Waals surface area contributed by atoms with Gasteiger partial charge in [0.15, 0.2) is 5.13 Å². The van der Waals surface area contributed by atoms with Crippen LogP contribution in [-0.4, -0.2) is 15.2 Å². The van der Waals surface area contributed by atoms with Crippen molar-refractivity contribution >= 4 is 43.2 Å². The van der Waals surface area contributed by atoms with Crippen LogP contribution in [0.5, 0.6) is 0 Å². The molecule has 0 aliphatic rings. The molecular formula is C15H8F2N4S2. The topological polar surface area (TPSA) is 50.7 Å². The number of benzene rings is 2. The van der Waals surface area contributed by atoms with Gasteiger partial charge in [0.25, 0.3) is 0 Å². The molecule has 0 aliphatic carbocycles. The summed E-state index contributed by atoms with van der Waals surface area (Å²) in [5, 5.41) is 12.9. The van der Waals surface area contributed by atoms with E-state index in [2.05, 4.69) is 20.5 Å². The molecule has 1 N–H and O–H groups in total. The summed E-state index contributed by atoms with van der Waals surface area (Å²) in [4.78, 5) is 4.22. The molecule has 0 bridgehead atoms. The van der Waals surface area contributed by atoms with Gasteiger partial charge in [0.1, 0.15) is 22.2 Å². The first-order valence-electron chi connectivity index (χ1n) is 6.60. The summed E-state index contributed by atoms with van der Waals surface area (Å²) < 4.78 is 27.4. The maximum Gasteiger partial charge on any atom is 0.212 e. The van der Waals surface area contributed by atoms with Crippen molar-refractivity contribution in [1.29, 1.82) is 0 Å². The second kappa shape index (κ2) is 5.64. The Balaban J connectivity index is 1.61. The van der Waals surface area contributed by atoms with Crippen molar-refractivity contribution in [2.75, 3.05) is 5.32 Å². The summed E-state index contributed by atoms with van der Waals surface area (Å²) in [5.41, 5.74) is 1.12. The molecule has 4 nitrogen and oxygen atoms in total. The lowest BCUT2D eigenvalue weighted by atomic mass is 10.2. The number of hydrogen-bond donors (Lipinski definition) is 1. The number of para-hydroxylation sites is 1. The summed E-state index contributed by atoms with van der Waals surface area (Å²) in [6.45, 7) is 0. The minimum atomic E-state index is -0.351. The van der Waals surface area contributed by atoms with E-state index in [1.54, 1.807) is 18.2 Å². The van der Waals surface area contributed by atoms with Gasteiger partial charge in [0.05, 0.1) is 4.70 Å². The van der Waals surface area contributed by atoms with Gasteiger partial charge in [-0.1, -0.05) is 28.7 Å². The Kier molecular flexibility index (Phi) is 3.47. The van der Waals surface area contributed by atoms with Crippen LogP contribution in [0, 0.1) is 11.6 Å². The molecule has 8 heteroatoms. The normalized spacial score (nSPS) is 11.0. The van der Waals surface area contributed by atoms with Crippen molar-refractivity contribution in [3.05, 3.63) is 54.1 Å². The molecule has 0 amide bonds. The van der Waals surface area contributed by atoms with Crippen LogP contribution in [0.2, 0.25) is 0 Å². The van der Waals surface area contributed by atoms with E-state index in [4.69, 9.17) is 0 Å². The van der Waals surface area contributed by atoms with Gasteiger partial charge >= 0.3 is 0 Å². The van der Waals surface area contributed by atoms with Crippen LogP contribution < -0.4 is 5.32 Å². The van der Waals surface area contributed by atoms with E-state index in [1.165, 1.54) is 40.9 Å². The summed E-state index contributed by atoms with van der Waals surface area (Å²) in [6.07, 6.45) is 0. The van der Waals surface area contributed by atoms with Gasteiger partial charge in [-0.15, -0.1) is 10.2 Å². The smallest absolute Gasteiger partial charge is 0.212 e. The molecule has 2 heterocycles. The highest BCUT2D eigenvalue weighted by Gasteiger charge is 2.11. The van der Waals surface area contributed by atoms with Crippen LogP contribution in [0.4, 0.5) is 19.0 Å². The average Bonchev–Trinajstić information content (AvgIpc) is 3.16. The SMILES string of the molecule is Fc1ccc(-c2nnc(Nc3nc4c(F)cccc4s3)s2)cc1. The Morgan fingerprint density at radius 1 is 0.870 bits per heavy atom. The quantitative estimate of drug-likeness (QED) is 0.577. The zero-order chi connectivity index (χ0) is 15.8. The second-order valence-corrected chi connectivity index (χ2v) is 6.66. The Hall–Kier alpha value is -2.45. The summed E-state index contributed by atoms with van der Waals surface area (Å²) >= 11 is 2.66. The standard InChI is InChI=1S/C15H8F2N4S2/c16-9-6-4-8(5-7-9)13-20-21-15(23-13)19-14-18-12-10(17)2-1-3-11(12)22-14/h1-7H,(H,18,19,21). The van der Waals surface area contributed by atoms with Crippen LogP contribution in [0.1, 0.15) is 0 Å². The van der Waals surface area contributed by atoms with Crippen molar-refractivity contribution in [3.8, 4) is 10.6 Å². The fraction of sp³-hybridized carbons (Fsp3) is 0. The number of nitrogens with zero attached hydrogens (tertiary/aromatic N) is 3. The highest BCUT2D eigenvalue weighted by atomic mass is 32.1. The Labute approximate surface area is 137 Å². The third kappa shape index (κ3) is 2.78. The number of anilines is 2. The predicted octanol–water partition coefficient (Wildman–Crippen LogP) is 4.84. The first kappa shape index (κ1) is 14.2. The second-order valence-electron chi connectivity index (χ2n) is 4.65. The van der Waals surface area contributed by atoms with E-state index in [1.807, 2.05) is 6.07 Å². The van der Waals surface area contributed by atoms with Crippen molar-refractivity contribution in [1.82, 2.24) is 15.2 Å². The van der Waals surface area contributed by atoms with Gasteiger partial charge in [0, 0.05) is 5.56 Å². The molecule has 0 unspecified atom stereocenters. The van der Waals surface area contributed by atoms with Crippen LogP contribution in [-0.2, 0) is 0 Å². The number of hydrogen-bond acceptors (Lipinski definition) is 6. The number of halogens is 2. The van der Waals surface area contributed by atoms with Crippen LogP contribution in [0.15, 0.2) is 42.5 Å². The summed E-state index contributed by atoms with van der Waals surface area (Å²) in [5.74, 6) is -0.649. The highest BCUT2D eigenvalue weighted by Crippen LogP contribution is 2.32. The minimum absolute atomic E-state index is 0.298. The van der Waals surface area contributed by atoms with Crippen molar-refractivity contribution in [3.63, 3.8) is 0 Å². The fourth-order valence-corrected chi connectivity index (χ4v) is 3.73. The van der Waals surface area contributed by atoms with Gasteiger partial charge < -0.3 is 5.32 Å². The van der Waals surface area contributed by atoms with E-state index in [0.717, 1.165) is 10.3 Å². The maximum absolute atomic E-state index is 13.7. The van der Waals surface area contributed by atoms with E-state index in [9.17, 15) is 8.78 Å². The monoisotopic (exact) mass is 346 g/mol. The molecule has 4 rings (SSSR count). The first-order valence-corrected chi connectivity index (χ1v) is 8.24. The molecule has 114 valence electrons. The van der Waals surface area contributed by atoms with Crippen LogP contribution in [0.3, 0.4) is 0 Å². The summed E-state index contributed by atoms with van der Waals surface area (Å²) in [6, 6.07) is 10.9. The molecule has 0 atom stereocenters. The molecule has 0 fully saturated rings. The number of thiazole rings is 1. The van der Waals surface area contributed by atoms with Crippen molar-refractivity contribution < 1.29 is 8.78 Å². The highest BCUT2D eigenvalue weighted by molar-refractivity contribution is 7.23. The van der Waals surface area contributed by atoms with Gasteiger partial charge in [-0.25, -0.2) is 13.8 Å². The van der Waals surface area contributed by atoms with E-state index in [-0.39, 0.29) is 11.6 Å². The molecule has 2 aromatic heterocycles. The van der Waals surface area contributed by atoms with Crippen molar-refractivity contribution in [2.45, 2.75) is 0 Å². The molecule has 0 spiro atoms. The number of aromatic nitrogens is 3. The molecular weight excluding hydrogens is 338 g/mol. The largest absolute Gasteiger partial charge is 0.306 e. The third-order valence-corrected chi connectivity index (χ3v) is 4.92. The average molecular weight is 346 g/mol. The molecule has 0 saturated heterocycles. The molecule has 4 aromatic rings. The predicted molar refractivity (Wildman–Crippen MR) is 88.2 cm³/mol. The van der Waals surface area contributed by atoms with Crippen LogP contribution >= 0.6 is 22.7 Å². The lowest BCUT2D eigenvalue weighted by Crippen LogP contribution is -1.88. The van der Waals surface area contributed by atoms with Gasteiger partial charge in [0.2, 0.25) is 5.13 Å². The maximum atomic E-state index is 13.7. The van der Waals surface area contributed by atoms with Crippen molar-refractivity contribution in [2.24, 2.45) is 0 Å². The Morgan fingerprint density at radius 2 is 1.70 bits per heavy atom.